The molecule has 0 amide bonds. The fraction of sp³-hybridized carbons (Fsp3) is 0. The molecule has 1 aromatic heterocycles. The van der Waals surface area contributed by atoms with Crippen LogP contribution in [0, 0.1) is 0 Å². The van der Waals surface area contributed by atoms with Crippen molar-refractivity contribution < 1.29 is 8.42 Å². The Hall–Kier alpha value is -2.46. The molecule has 4 heteroatoms. The van der Waals surface area contributed by atoms with Crippen LogP contribution in [0.3, 0.4) is 0 Å². The van der Waals surface area contributed by atoms with Gasteiger partial charge in [0.25, 0.3) is 0 Å². The highest BCUT2D eigenvalue weighted by Gasteiger charge is 2.17. The van der Waals surface area contributed by atoms with Crippen LogP contribution in [0.2, 0.25) is 0 Å². The Kier molecular flexibility index (Phi) is 3.54. The summed E-state index contributed by atoms with van der Waals surface area (Å²) in [5.74, 6) is 0. The van der Waals surface area contributed by atoms with Crippen LogP contribution in [-0.2, 0) is 9.84 Å². The molecule has 2 aromatic carbocycles. The van der Waals surface area contributed by atoms with E-state index in [2.05, 4.69) is 4.98 Å². The second kappa shape index (κ2) is 5.50. The van der Waals surface area contributed by atoms with Crippen molar-refractivity contribution in [2.45, 2.75) is 9.79 Å². The second-order valence-corrected chi connectivity index (χ2v) is 6.51. The van der Waals surface area contributed by atoms with Crippen LogP contribution in [0.5, 0.6) is 0 Å². The third kappa shape index (κ3) is 2.71. The molecule has 0 atom stereocenters. The van der Waals surface area contributed by atoms with Crippen molar-refractivity contribution in [2.24, 2.45) is 0 Å². The summed E-state index contributed by atoms with van der Waals surface area (Å²) >= 11 is 0. The maximum Gasteiger partial charge on any atom is 0.206 e. The maximum atomic E-state index is 12.6. The fourth-order valence-corrected chi connectivity index (χ4v) is 3.42. The highest BCUT2D eigenvalue weighted by Crippen LogP contribution is 2.25. The zero-order chi connectivity index (χ0) is 14.7. The van der Waals surface area contributed by atoms with Gasteiger partial charge in [0.1, 0.15) is 0 Å². The van der Waals surface area contributed by atoms with E-state index in [1.54, 1.807) is 54.7 Å². The Morgan fingerprint density at radius 3 is 2.14 bits per heavy atom. The van der Waals surface area contributed by atoms with Gasteiger partial charge in [0.2, 0.25) is 9.84 Å². The first-order valence-electron chi connectivity index (χ1n) is 6.49. The van der Waals surface area contributed by atoms with Crippen LogP contribution in [-0.4, -0.2) is 13.4 Å². The second-order valence-electron chi connectivity index (χ2n) is 4.56. The van der Waals surface area contributed by atoms with E-state index in [0.29, 0.717) is 4.90 Å². The lowest BCUT2D eigenvalue weighted by molar-refractivity contribution is 0.596. The number of sulfone groups is 1. The molecule has 21 heavy (non-hydrogen) atoms. The summed E-state index contributed by atoms with van der Waals surface area (Å²) in [5.41, 5.74) is 1.54. The van der Waals surface area contributed by atoms with E-state index in [9.17, 15) is 8.42 Å². The molecular weight excluding hydrogens is 282 g/mol. The number of aromatic nitrogens is 1. The Labute approximate surface area is 123 Å². The van der Waals surface area contributed by atoms with Gasteiger partial charge in [-0.3, -0.25) is 4.98 Å². The molecular formula is C17H13NO2S. The molecule has 0 saturated heterocycles. The van der Waals surface area contributed by atoms with Crippen molar-refractivity contribution in [1.29, 1.82) is 0 Å². The zero-order valence-corrected chi connectivity index (χ0v) is 12.0. The van der Waals surface area contributed by atoms with Crippen molar-refractivity contribution in [3.63, 3.8) is 0 Å². The smallest absolute Gasteiger partial charge is 0.206 e. The van der Waals surface area contributed by atoms with Crippen LogP contribution in [0.15, 0.2) is 88.8 Å². The molecule has 3 aromatic rings. The Morgan fingerprint density at radius 1 is 0.714 bits per heavy atom. The first-order chi connectivity index (χ1) is 10.2. The lowest BCUT2D eigenvalue weighted by Crippen LogP contribution is -2.01. The van der Waals surface area contributed by atoms with Crippen LogP contribution in [0.4, 0.5) is 0 Å². The molecule has 104 valence electrons. The molecule has 0 aliphatic rings. The van der Waals surface area contributed by atoms with Crippen LogP contribution >= 0.6 is 0 Å². The summed E-state index contributed by atoms with van der Waals surface area (Å²) in [6, 6.07) is 20.8. The van der Waals surface area contributed by atoms with Gasteiger partial charge < -0.3 is 0 Å². The summed E-state index contributed by atoms with van der Waals surface area (Å²) in [4.78, 5) is 4.82. The molecule has 0 unspecified atom stereocenters. The molecule has 0 aliphatic heterocycles. The summed E-state index contributed by atoms with van der Waals surface area (Å²) in [7, 11) is -3.50. The fourth-order valence-electron chi connectivity index (χ4n) is 2.09. The minimum atomic E-state index is -3.50. The number of nitrogens with zero attached hydrogens (tertiary/aromatic N) is 1. The number of pyridine rings is 1. The lowest BCUT2D eigenvalue weighted by Gasteiger charge is -2.06. The monoisotopic (exact) mass is 295 g/mol. The summed E-state index contributed by atoms with van der Waals surface area (Å²) in [6.45, 7) is 0. The minimum absolute atomic E-state index is 0.275. The standard InChI is InChI=1S/C17H13NO2S/c19-21(20,15-8-2-1-3-9-15)16-10-6-7-14(13-16)17-11-4-5-12-18-17/h1-13H. The lowest BCUT2D eigenvalue weighted by atomic mass is 10.1. The summed E-state index contributed by atoms with van der Waals surface area (Å²) in [6.07, 6.45) is 1.69. The van der Waals surface area contributed by atoms with E-state index < -0.39 is 9.84 Å². The van der Waals surface area contributed by atoms with Crippen molar-refractivity contribution in [3.8, 4) is 11.3 Å². The third-order valence-electron chi connectivity index (χ3n) is 3.16. The first kappa shape index (κ1) is 13.5. The van der Waals surface area contributed by atoms with Gasteiger partial charge in [-0.05, 0) is 36.4 Å². The van der Waals surface area contributed by atoms with E-state index in [4.69, 9.17) is 0 Å². The average Bonchev–Trinajstić information content (AvgIpc) is 2.57. The van der Waals surface area contributed by atoms with Crippen molar-refractivity contribution in [3.05, 3.63) is 79.0 Å². The van der Waals surface area contributed by atoms with E-state index >= 15 is 0 Å². The van der Waals surface area contributed by atoms with Gasteiger partial charge in [0.15, 0.2) is 0 Å². The molecule has 0 bridgehead atoms. The SMILES string of the molecule is O=S(=O)(c1ccccc1)c1cccc(-c2ccccn2)c1. The van der Waals surface area contributed by atoms with Crippen LogP contribution in [0.25, 0.3) is 11.3 Å². The van der Waals surface area contributed by atoms with Crippen molar-refractivity contribution in [1.82, 2.24) is 4.98 Å². The maximum absolute atomic E-state index is 12.6. The van der Waals surface area contributed by atoms with E-state index in [0.717, 1.165) is 11.3 Å². The average molecular weight is 295 g/mol. The van der Waals surface area contributed by atoms with Gasteiger partial charge in [-0.1, -0.05) is 36.4 Å². The quantitative estimate of drug-likeness (QED) is 0.742. The predicted octanol–water partition coefficient (Wildman–Crippen LogP) is 3.58. The van der Waals surface area contributed by atoms with Crippen molar-refractivity contribution in [2.75, 3.05) is 0 Å². The number of hydrogen-bond donors (Lipinski definition) is 0. The summed E-state index contributed by atoms with van der Waals surface area (Å²) < 4.78 is 25.2. The van der Waals surface area contributed by atoms with Crippen molar-refractivity contribution >= 4 is 9.84 Å². The molecule has 1 heterocycles. The largest absolute Gasteiger partial charge is 0.256 e. The zero-order valence-electron chi connectivity index (χ0n) is 11.2. The molecule has 0 N–H and O–H groups in total. The Morgan fingerprint density at radius 2 is 1.43 bits per heavy atom. The van der Waals surface area contributed by atoms with Gasteiger partial charge in [-0.25, -0.2) is 8.42 Å². The first-order valence-corrected chi connectivity index (χ1v) is 7.98. The molecule has 0 spiro atoms. The van der Waals surface area contributed by atoms with Gasteiger partial charge in [0, 0.05) is 11.8 Å². The molecule has 3 rings (SSSR count). The molecule has 0 aliphatic carbocycles. The Balaban J connectivity index is 2.09. The highest BCUT2D eigenvalue weighted by atomic mass is 32.2. The summed E-state index contributed by atoms with van der Waals surface area (Å²) in [5, 5.41) is 0. The minimum Gasteiger partial charge on any atom is -0.256 e. The van der Waals surface area contributed by atoms with Gasteiger partial charge >= 0.3 is 0 Å². The normalized spacial score (nSPS) is 11.2. The van der Waals surface area contributed by atoms with Gasteiger partial charge in [-0.15, -0.1) is 0 Å². The number of rotatable bonds is 3. The number of hydrogen-bond acceptors (Lipinski definition) is 3. The third-order valence-corrected chi connectivity index (χ3v) is 4.93. The Bertz CT molecular complexity index is 844. The predicted molar refractivity (Wildman–Crippen MR) is 81.6 cm³/mol. The topological polar surface area (TPSA) is 47.0 Å². The van der Waals surface area contributed by atoms with Gasteiger partial charge in [-0.2, -0.15) is 0 Å². The van der Waals surface area contributed by atoms with Gasteiger partial charge in [0.05, 0.1) is 15.5 Å². The molecule has 0 saturated carbocycles. The van der Waals surface area contributed by atoms with Crippen LogP contribution < -0.4 is 0 Å². The van der Waals surface area contributed by atoms with E-state index in [1.807, 2.05) is 24.3 Å². The van der Waals surface area contributed by atoms with E-state index in [1.165, 1.54) is 0 Å². The molecule has 0 radical (unpaired) electrons. The van der Waals surface area contributed by atoms with Crippen LogP contribution in [0.1, 0.15) is 0 Å². The number of benzene rings is 2. The highest BCUT2D eigenvalue weighted by molar-refractivity contribution is 7.91. The molecule has 3 nitrogen and oxygen atoms in total. The molecule has 0 fully saturated rings. The van der Waals surface area contributed by atoms with E-state index in [-0.39, 0.29) is 4.90 Å².